The first-order valence-corrected chi connectivity index (χ1v) is 6.54. The molecule has 0 atom stereocenters. The molecule has 0 unspecified atom stereocenters. The second kappa shape index (κ2) is 4.59. The maximum Gasteiger partial charge on any atom is 0.178 e. The van der Waals surface area contributed by atoms with E-state index < -0.39 is 0 Å². The van der Waals surface area contributed by atoms with Crippen molar-refractivity contribution in [2.45, 2.75) is 0 Å². The van der Waals surface area contributed by atoms with Gasteiger partial charge in [0.2, 0.25) is 0 Å². The predicted molar refractivity (Wildman–Crippen MR) is 68.9 cm³/mol. The number of carbonyl (C=O) groups is 1. The molecule has 6 heteroatoms. The summed E-state index contributed by atoms with van der Waals surface area (Å²) >= 11 is 7.47. The summed E-state index contributed by atoms with van der Waals surface area (Å²) in [4.78, 5) is 14.8. The molecule has 0 N–H and O–H groups in total. The van der Waals surface area contributed by atoms with Crippen LogP contribution in [0.25, 0.3) is 11.3 Å². The number of carbonyl (C=O) groups excluding carboxylic acids is 1. The molecule has 0 saturated carbocycles. The summed E-state index contributed by atoms with van der Waals surface area (Å²) in [5.74, 6) is 1.29. The van der Waals surface area contributed by atoms with E-state index >= 15 is 0 Å². The van der Waals surface area contributed by atoms with Crippen molar-refractivity contribution >= 4 is 29.2 Å². The molecule has 0 amide bonds. The molecule has 0 spiro atoms. The maximum absolute atomic E-state index is 10.6. The number of benzene rings is 1. The first-order chi connectivity index (χ1) is 8.78. The van der Waals surface area contributed by atoms with Crippen LogP contribution in [0.15, 0.2) is 17.5 Å². The Kier molecular flexibility index (Phi) is 2.93. The minimum Gasteiger partial charge on any atom is -0.486 e. The molecular weight excluding hydrogens is 274 g/mol. The maximum atomic E-state index is 10.6. The lowest BCUT2D eigenvalue weighted by atomic mass is 10.1. The third-order valence-electron chi connectivity index (χ3n) is 2.53. The van der Waals surface area contributed by atoms with E-state index in [4.69, 9.17) is 21.1 Å². The molecule has 4 nitrogen and oxygen atoms in total. The molecule has 2 heterocycles. The molecule has 18 heavy (non-hydrogen) atoms. The van der Waals surface area contributed by atoms with Gasteiger partial charge in [0.15, 0.2) is 22.8 Å². The lowest BCUT2D eigenvalue weighted by molar-refractivity contribution is 0.112. The monoisotopic (exact) mass is 281 g/mol. The Hall–Kier alpha value is -1.59. The molecule has 1 aromatic carbocycles. The number of thiazole rings is 1. The Morgan fingerprint density at radius 2 is 2.00 bits per heavy atom. The molecule has 1 aliphatic heterocycles. The number of hydrogen-bond acceptors (Lipinski definition) is 5. The van der Waals surface area contributed by atoms with Gasteiger partial charge in [0, 0.05) is 17.0 Å². The minimum atomic E-state index is 0.427. The van der Waals surface area contributed by atoms with Gasteiger partial charge in [0.05, 0.1) is 10.7 Å². The van der Waals surface area contributed by atoms with Gasteiger partial charge in [0.25, 0.3) is 0 Å². The molecule has 0 radical (unpaired) electrons. The Bertz CT molecular complexity index is 611. The van der Waals surface area contributed by atoms with E-state index in [0.29, 0.717) is 40.4 Å². The van der Waals surface area contributed by atoms with Crippen LogP contribution in [-0.4, -0.2) is 24.5 Å². The van der Waals surface area contributed by atoms with Crippen LogP contribution in [0, 0.1) is 0 Å². The molecule has 0 fully saturated rings. The van der Waals surface area contributed by atoms with Crippen LogP contribution in [0.5, 0.6) is 11.5 Å². The predicted octanol–water partition coefficient (Wildman–Crippen LogP) is 3.05. The molecule has 1 aromatic heterocycles. The topological polar surface area (TPSA) is 48.4 Å². The Morgan fingerprint density at radius 3 is 2.67 bits per heavy atom. The summed E-state index contributed by atoms with van der Waals surface area (Å²) in [5, 5.41) is 2.75. The zero-order valence-corrected chi connectivity index (χ0v) is 10.8. The number of ether oxygens (including phenoxy) is 2. The fourth-order valence-electron chi connectivity index (χ4n) is 1.73. The first-order valence-electron chi connectivity index (χ1n) is 5.28. The average Bonchev–Trinajstić information content (AvgIpc) is 2.86. The highest BCUT2D eigenvalue weighted by atomic mass is 35.5. The Morgan fingerprint density at radius 1 is 1.28 bits per heavy atom. The number of fused-ring (bicyclic) bond motifs is 1. The van der Waals surface area contributed by atoms with Crippen LogP contribution in [0.1, 0.15) is 9.80 Å². The highest BCUT2D eigenvalue weighted by molar-refractivity contribution is 7.11. The summed E-state index contributed by atoms with van der Waals surface area (Å²) in [6, 6.07) is 3.51. The molecule has 92 valence electrons. The smallest absolute Gasteiger partial charge is 0.178 e. The zero-order valence-electron chi connectivity index (χ0n) is 9.18. The van der Waals surface area contributed by atoms with E-state index in [9.17, 15) is 4.79 Å². The lowest BCUT2D eigenvalue weighted by Crippen LogP contribution is -2.15. The van der Waals surface area contributed by atoms with Crippen molar-refractivity contribution in [1.29, 1.82) is 0 Å². The van der Waals surface area contributed by atoms with Crippen molar-refractivity contribution in [2.24, 2.45) is 0 Å². The summed E-state index contributed by atoms with van der Waals surface area (Å²) < 4.78 is 10.9. The highest BCUT2D eigenvalue weighted by Crippen LogP contribution is 2.39. The number of hydrogen-bond donors (Lipinski definition) is 0. The first kappa shape index (κ1) is 11.5. The van der Waals surface area contributed by atoms with Gasteiger partial charge in [0.1, 0.15) is 13.2 Å². The van der Waals surface area contributed by atoms with Gasteiger partial charge in [-0.2, -0.15) is 0 Å². The van der Waals surface area contributed by atoms with E-state index in [1.165, 1.54) is 11.3 Å². The van der Waals surface area contributed by atoms with E-state index in [-0.39, 0.29) is 0 Å². The Labute approximate surface area is 112 Å². The fourth-order valence-corrected chi connectivity index (χ4v) is 2.59. The second-order valence-electron chi connectivity index (χ2n) is 3.66. The van der Waals surface area contributed by atoms with Gasteiger partial charge in [-0.3, -0.25) is 4.79 Å². The lowest BCUT2D eigenvalue weighted by Gasteiger charge is -2.19. The van der Waals surface area contributed by atoms with E-state index in [2.05, 4.69) is 4.98 Å². The van der Waals surface area contributed by atoms with Crippen molar-refractivity contribution in [3.8, 4) is 22.8 Å². The van der Waals surface area contributed by atoms with Crippen molar-refractivity contribution in [2.75, 3.05) is 13.2 Å². The quantitative estimate of drug-likeness (QED) is 0.794. The summed E-state index contributed by atoms with van der Waals surface area (Å²) in [7, 11) is 0. The van der Waals surface area contributed by atoms with Crippen LogP contribution >= 0.6 is 22.9 Å². The van der Waals surface area contributed by atoms with Crippen LogP contribution in [0.4, 0.5) is 0 Å². The fraction of sp³-hybridized carbons (Fsp3) is 0.167. The normalized spacial score (nSPS) is 13.4. The average molecular weight is 282 g/mol. The third kappa shape index (κ3) is 1.95. The molecule has 0 bridgehead atoms. The number of aldehydes is 1. The summed E-state index contributed by atoms with van der Waals surface area (Å²) in [6.07, 6.45) is 0.722. The Balaban J connectivity index is 2.08. The van der Waals surface area contributed by atoms with Gasteiger partial charge in [-0.1, -0.05) is 11.6 Å². The van der Waals surface area contributed by atoms with Gasteiger partial charge in [-0.05, 0) is 6.07 Å². The van der Waals surface area contributed by atoms with Crippen molar-refractivity contribution in [1.82, 2.24) is 4.98 Å². The molecule has 3 rings (SSSR count). The second-order valence-corrected chi connectivity index (χ2v) is 4.96. The number of rotatable bonds is 2. The van der Waals surface area contributed by atoms with E-state index in [1.54, 1.807) is 17.5 Å². The molecule has 0 aliphatic carbocycles. The van der Waals surface area contributed by atoms with Gasteiger partial charge in [-0.25, -0.2) is 4.98 Å². The zero-order chi connectivity index (χ0) is 12.5. The number of aromatic nitrogens is 1. The minimum absolute atomic E-state index is 0.427. The molecular formula is C12H8ClNO3S. The van der Waals surface area contributed by atoms with E-state index in [1.807, 2.05) is 0 Å². The van der Waals surface area contributed by atoms with Crippen molar-refractivity contribution < 1.29 is 14.3 Å². The van der Waals surface area contributed by atoms with Gasteiger partial charge in [-0.15, -0.1) is 11.3 Å². The largest absolute Gasteiger partial charge is 0.486 e. The van der Waals surface area contributed by atoms with Crippen LogP contribution in [-0.2, 0) is 0 Å². The van der Waals surface area contributed by atoms with Gasteiger partial charge < -0.3 is 9.47 Å². The van der Waals surface area contributed by atoms with Crippen LogP contribution in [0.2, 0.25) is 5.02 Å². The SMILES string of the molecule is O=Cc1nc(-c2cc3c(cc2Cl)OCCO3)cs1. The standard InChI is InChI=1S/C12H8ClNO3S/c13-8-4-11-10(16-1-2-17-11)3-7(8)9-6-18-12(5-15)14-9/h3-6H,1-2H2. The van der Waals surface area contributed by atoms with Crippen molar-refractivity contribution in [3.63, 3.8) is 0 Å². The summed E-state index contributed by atoms with van der Waals surface area (Å²) in [5.41, 5.74) is 1.41. The highest BCUT2D eigenvalue weighted by Gasteiger charge is 2.17. The van der Waals surface area contributed by atoms with Crippen molar-refractivity contribution in [3.05, 3.63) is 27.5 Å². The third-order valence-corrected chi connectivity index (χ3v) is 3.61. The van der Waals surface area contributed by atoms with E-state index in [0.717, 1.165) is 11.8 Å². The number of nitrogens with zero attached hydrogens (tertiary/aromatic N) is 1. The van der Waals surface area contributed by atoms with Gasteiger partial charge >= 0.3 is 0 Å². The molecule has 1 aliphatic rings. The summed E-state index contributed by atoms with van der Waals surface area (Å²) in [6.45, 7) is 1.04. The van der Waals surface area contributed by atoms with Crippen LogP contribution in [0.3, 0.4) is 0 Å². The number of halogens is 1. The van der Waals surface area contributed by atoms with Crippen LogP contribution < -0.4 is 9.47 Å². The molecule has 0 saturated heterocycles. The molecule has 2 aromatic rings.